The average Bonchev–Trinajstić information content (AvgIpc) is 1.80. The van der Waals surface area contributed by atoms with Gasteiger partial charge in [0.05, 0.1) is 12.0 Å². The van der Waals surface area contributed by atoms with E-state index in [4.69, 9.17) is 10.8 Å². The lowest BCUT2D eigenvalue weighted by Crippen LogP contribution is -2.51. The largest absolute Gasteiger partial charge is 0.481 e. The third-order valence-electron chi connectivity index (χ3n) is 1.72. The summed E-state index contributed by atoms with van der Waals surface area (Å²) < 4.78 is 0. The number of carbonyl (C=O) groups is 2. The topological polar surface area (TPSA) is 80.4 Å². The van der Waals surface area contributed by atoms with E-state index in [1.54, 1.807) is 20.8 Å². The molecule has 0 bridgehead atoms. The van der Waals surface area contributed by atoms with Crippen LogP contribution in [0.5, 0.6) is 0 Å². The first-order valence-corrected chi connectivity index (χ1v) is 4.13. The van der Waals surface area contributed by atoms with Gasteiger partial charge in [0, 0.05) is 5.41 Å². The molecule has 76 valence electrons. The third-order valence-corrected chi connectivity index (χ3v) is 1.72. The van der Waals surface area contributed by atoms with Crippen molar-refractivity contribution in [3.8, 4) is 0 Å². The quantitative estimate of drug-likeness (QED) is 0.684. The summed E-state index contributed by atoms with van der Waals surface area (Å²) in [6, 6.07) is 0. The number of carboxylic acids is 1. The van der Waals surface area contributed by atoms with Gasteiger partial charge in [-0.05, 0) is 6.92 Å². The van der Waals surface area contributed by atoms with Crippen LogP contribution in [0, 0.1) is 5.41 Å². The monoisotopic (exact) mass is 187 g/mol. The van der Waals surface area contributed by atoms with Crippen LogP contribution in [0.2, 0.25) is 0 Å². The lowest BCUT2D eigenvalue weighted by Gasteiger charge is -2.29. The van der Waals surface area contributed by atoms with E-state index in [2.05, 4.69) is 0 Å². The van der Waals surface area contributed by atoms with Gasteiger partial charge in [0.15, 0.2) is 5.78 Å². The van der Waals surface area contributed by atoms with Crippen LogP contribution in [0.25, 0.3) is 0 Å². The first-order valence-electron chi connectivity index (χ1n) is 4.13. The lowest BCUT2D eigenvalue weighted by atomic mass is 9.78. The summed E-state index contributed by atoms with van der Waals surface area (Å²) in [6.45, 7) is 6.63. The first kappa shape index (κ1) is 12.1. The van der Waals surface area contributed by atoms with Crippen molar-refractivity contribution in [2.24, 2.45) is 11.1 Å². The molecule has 0 radical (unpaired) electrons. The van der Waals surface area contributed by atoms with Crippen molar-refractivity contribution in [3.05, 3.63) is 0 Å². The van der Waals surface area contributed by atoms with E-state index in [1.165, 1.54) is 6.92 Å². The molecule has 4 heteroatoms. The minimum atomic E-state index is -1.27. The van der Waals surface area contributed by atoms with Crippen LogP contribution >= 0.6 is 0 Å². The Morgan fingerprint density at radius 1 is 1.23 bits per heavy atom. The van der Waals surface area contributed by atoms with Gasteiger partial charge in [0.1, 0.15) is 0 Å². The third kappa shape index (κ3) is 3.55. The predicted octanol–water partition coefficient (Wildman–Crippen LogP) is 0.794. The maximum atomic E-state index is 11.6. The Kier molecular flexibility index (Phi) is 3.22. The van der Waals surface area contributed by atoms with E-state index in [-0.39, 0.29) is 12.2 Å². The summed E-state index contributed by atoms with van der Waals surface area (Å²) in [4.78, 5) is 22.0. The number of nitrogens with two attached hydrogens (primary N) is 1. The Balaban J connectivity index is 4.65. The van der Waals surface area contributed by atoms with E-state index < -0.39 is 16.9 Å². The molecule has 0 heterocycles. The SMILES string of the molecule is CC(C)(C)C(=O)C(C)(N)CC(=O)O. The van der Waals surface area contributed by atoms with Gasteiger partial charge in [-0.15, -0.1) is 0 Å². The van der Waals surface area contributed by atoms with Crippen molar-refractivity contribution in [3.63, 3.8) is 0 Å². The molecular formula is C9H17NO3. The minimum absolute atomic E-state index is 0.234. The van der Waals surface area contributed by atoms with Gasteiger partial charge in [-0.3, -0.25) is 9.59 Å². The average molecular weight is 187 g/mol. The van der Waals surface area contributed by atoms with Crippen LogP contribution in [-0.4, -0.2) is 22.4 Å². The maximum Gasteiger partial charge on any atom is 0.305 e. The van der Waals surface area contributed by atoms with Crippen molar-refractivity contribution in [1.29, 1.82) is 0 Å². The molecule has 0 aromatic carbocycles. The van der Waals surface area contributed by atoms with Crippen LogP contribution in [0.1, 0.15) is 34.1 Å². The van der Waals surface area contributed by atoms with Gasteiger partial charge < -0.3 is 10.8 Å². The molecule has 4 nitrogen and oxygen atoms in total. The van der Waals surface area contributed by atoms with Crippen LogP contribution < -0.4 is 5.73 Å². The number of Topliss-reactive ketones (excluding diaryl/α,β-unsaturated/α-hetero) is 1. The molecule has 0 spiro atoms. The number of ketones is 1. The molecule has 0 saturated carbocycles. The van der Waals surface area contributed by atoms with Gasteiger partial charge in [0.2, 0.25) is 0 Å². The highest BCUT2D eigenvalue weighted by Crippen LogP contribution is 2.23. The molecule has 1 atom stereocenters. The zero-order valence-electron chi connectivity index (χ0n) is 8.55. The molecule has 0 fully saturated rings. The van der Waals surface area contributed by atoms with Gasteiger partial charge >= 0.3 is 5.97 Å². The summed E-state index contributed by atoms with van der Waals surface area (Å²) in [5, 5.41) is 8.53. The second-order valence-corrected chi connectivity index (χ2v) is 4.57. The molecule has 0 aromatic heterocycles. The highest BCUT2D eigenvalue weighted by atomic mass is 16.4. The number of aliphatic carboxylic acids is 1. The fourth-order valence-corrected chi connectivity index (χ4v) is 1.25. The fraction of sp³-hybridized carbons (Fsp3) is 0.778. The Morgan fingerprint density at radius 3 is 1.85 bits per heavy atom. The van der Waals surface area contributed by atoms with Gasteiger partial charge in [-0.25, -0.2) is 0 Å². The number of hydrogen-bond donors (Lipinski definition) is 2. The van der Waals surface area contributed by atoms with E-state index >= 15 is 0 Å². The molecule has 0 amide bonds. The molecule has 0 aliphatic rings. The van der Waals surface area contributed by atoms with Crippen molar-refractivity contribution in [2.75, 3.05) is 0 Å². The van der Waals surface area contributed by atoms with Crippen LogP contribution in [0.4, 0.5) is 0 Å². The highest BCUT2D eigenvalue weighted by molar-refractivity contribution is 5.95. The second kappa shape index (κ2) is 3.46. The van der Waals surface area contributed by atoms with Crippen LogP contribution in [-0.2, 0) is 9.59 Å². The maximum absolute atomic E-state index is 11.6. The van der Waals surface area contributed by atoms with E-state index in [0.717, 1.165) is 0 Å². The Labute approximate surface area is 78.1 Å². The molecule has 1 unspecified atom stereocenters. The minimum Gasteiger partial charge on any atom is -0.481 e. The fourth-order valence-electron chi connectivity index (χ4n) is 1.25. The van der Waals surface area contributed by atoms with Crippen molar-refractivity contribution in [1.82, 2.24) is 0 Å². The van der Waals surface area contributed by atoms with Gasteiger partial charge in [0.25, 0.3) is 0 Å². The molecule has 3 N–H and O–H groups in total. The Morgan fingerprint density at radius 2 is 1.62 bits per heavy atom. The van der Waals surface area contributed by atoms with Crippen molar-refractivity contribution in [2.45, 2.75) is 39.7 Å². The smallest absolute Gasteiger partial charge is 0.305 e. The number of hydrogen-bond acceptors (Lipinski definition) is 3. The van der Waals surface area contributed by atoms with Gasteiger partial charge in [-0.1, -0.05) is 20.8 Å². The number of rotatable bonds is 3. The molecule has 0 aromatic rings. The van der Waals surface area contributed by atoms with Crippen LogP contribution in [0.15, 0.2) is 0 Å². The number of carbonyl (C=O) groups excluding carboxylic acids is 1. The second-order valence-electron chi connectivity index (χ2n) is 4.57. The van der Waals surface area contributed by atoms with E-state index in [0.29, 0.717) is 0 Å². The highest BCUT2D eigenvalue weighted by Gasteiger charge is 2.38. The zero-order valence-corrected chi connectivity index (χ0v) is 8.55. The molecule has 0 aliphatic heterocycles. The van der Waals surface area contributed by atoms with E-state index in [1.807, 2.05) is 0 Å². The Hall–Kier alpha value is -0.900. The molecule has 0 saturated heterocycles. The van der Waals surface area contributed by atoms with Crippen molar-refractivity contribution < 1.29 is 14.7 Å². The first-order chi connectivity index (χ1) is 5.57. The standard InChI is InChI=1S/C9H17NO3/c1-8(2,3)7(13)9(4,10)5-6(11)12/h5,10H2,1-4H3,(H,11,12). The molecule has 0 aliphatic carbocycles. The predicted molar refractivity (Wildman–Crippen MR) is 49.3 cm³/mol. The Bertz CT molecular complexity index is 226. The summed E-state index contributed by atoms with van der Waals surface area (Å²) in [5.74, 6) is -1.29. The van der Waals surface area contributed by atoms with E-state index in [9.17, 15) is 9.59 Å². The lowest BCUT2D eigenvalue weighted by molar-refractivity contribution is -0.143. The number of carboxylic acid groups (broad SMARTS) is 1. The summed E-state index contributed by atoms with van der Waals surface area (Å²) in [7, 11) is 0. The van der Waals surface area contributed by atoms with Gasteiger partial charge in [-0.2, -0.15) is 0 Å². The normalized spacial score (nSPS) is 16.4. The molecule has 0 rings (SSSR count). The molecular weight excluding hydrogens is 170 g/mol. The summed E-state index contributed by atoms with van der Waals surface area (Å²) in [6.07, 6.45) is -0.330. The van der Waals surface area contributed by atoms with Crippen LogP contribution in [0.3, 0.4) is 0 Å². The summed E-state index contributed by atoms with van der Waals surface area (Å²) in [5.41, 5.74) is 3.74. The molecule has 13 heavy (non-hydrogen) atoms. The zero-order chi connectivity index (χ0) is 10.9. The summed E-state index contributed by atoms with van der Waals surface area (Å²) >= 11 is 0. The van der Waals surface area contributed by atoms with Crippen molar-refractivity contribution >= 4 is 11.8 Å².